The van der Waals surface area contributed by atoms with Crippen LogP contribution in [-0.4, -0.2) is 21.8 Å². The standard InChI is InChI=1S/C17H32O2Si/c1-5-18-20(13(3)4,19-6-2)17-10-14-7-15(11-17)9-16(8-14)12-17/h13-16H,5-12H2,1-4H3. The zero-order valence-corrected chi connectivity index (χ0v) is 14.8. The first kappa shape index (κ1) is 15.0. The van der Waals surface area contributed by atoms with E-state index in [-0.39, 0.29) is 0 Å². The molecule has 4 saturated carbocycles. The van der Waals surface area contributed by atoms with Crippen LogP contribution in [-0.2, 0) is 8.85 Å². The van der Waals surface area contributed by atoms with Gasteiger partial charge < -0.3 is 8.85 Å². The molecule has 0 atom stereocenters. The van der Waals surface area contributed by atoms with Crippen molar-refractivity contribution in [3.8, 4) is 0 Å². The van der Waals surface area contributed by atoms with Gasteiger partial charge in [0, 0.05) is 18.3 Å². The SMILES string of the molecule is CCO[Si](OCC)(C(C)C)C12CC3CC(CC(C3)C1)C2. The van der Waals surface area contributed by atoms with E-state index < -0.39 is 8.56 Å². The van der Waals surface area contributed by atoms with Gasteiger partial charge in [0.05, 0.1) is 0 Å². The van der Waals surface area contributed by atoms with Gasteiger partial charge in [-0.05, 0) is 75.7 Å². The van der Waals surface area contributed by atoms with Crippen molar-refractivity contribution >= 4 is 8.56 Å². The van der Waals surface area contributed by atoms with E-state index in [0.29, 0.717) is 10.6 Å². The lowest BCUT2D eigenvalue weighted by molar-refractivity contribution is -0.00604. The Labute approximate surface area is 125 Å². The van der Waals surface area contributed by atoms with E-state index in [1.807, 2.05) is 0 Å². The number of hydrogen-bond donors (Lipinski definition) is 0. The highest BCUT2D eigenvalue weighted by molar-refractivity contribution is 6.72. The Morgan fingerprint density at radius 3 is 1.60 bits per heavy atom. The topological polar surface area (TPSA) is 18.5 Å². The van der Waals surface area contributed by atoms with E-state index in [9.17, 15) is 0 Å². The fourth-order valence-electron chi connectivity index (χ4n) is 6.26. The van der Waals surface area contributed by atoms with E-state index in [1.54, 1.807) is 0 Å². The van der Waals surface area contributed by atoms with Crippen molar-refractivity contribution in [1.29, 1.82) is 0 Å². The molecule has 0 aliphatic heterocycles. The van der Waals surface area contributed by atoms with E-state index >= 15 is 0 Å². The summed E-state index contributed by atoms with van der Waals surface area (Å²) in [5.74, 6) is 2.94. The Bertz CT molecular complexity index is 312. The normalized spacial score (nSPS) is 39.8. The van der Waals surface area contributed by atoms with E-state index in [4.69, 9.17) is 8.85 Å². The van der Waals surface area contributed by atoms with Crippen LogP contribution in [0.4, 0.5) is 0 Å². The molecule has 0 aromatic rings. The molecule has 0 amide bonds. The minimum Gasteiger partial charge on any atom is -0.394 e. The average molecular weight is 297 g/mol. The Hall–Kier alpha value is 0.137. The molecule has 0 radical (unpaired) electrons. The van der Waals surface area contributed by atoms with E-state index in [1.165, 1.54) is 38.5 Å². The summed E-state index contributed by atoms with van der Waals surface area (Å²) < 4.78 is 13.1. The summed E-state index contributed by atoms with van der Waals surface area (Å²) in [6.07, 6.45) is 8.72. The third kappa shape index (κ3) is 2.12. The molecule has 0 unspecified atom stereocenters. The van der Waals surface area contributed by atoms with Crippen molar-refractivity contribution in [2.75, 3.05) is 13.2 Å². The van der Waals surface area contributed by atoms with Gasteiger partial charge in [-0.2, -0.15) is 0 Å². The van der Waals surface area contributed by atoms with Crippen molar-refractivity contribution < 1.29 is 8.85 Å². The molecule has 20 heavy (non-hydrogen) atoms. The Balaban J connectivity index is 1.97. The van der Waals surface area contributed by atoms with Crippen LogP contribution in [0.1, 0.15) is 66.2 Å². The first-order valence-corrected chi connectivity index (χ1v) is 10.7. The lowest BCUT2D eigenvalue weighted by Gasteiger charge is -2.62. The Kier molecular flexibility index (Phi) is 4.06. The zero-order chi connectivity index (χ0) is 14.4. The smallest absolute Gasteiger partial charge is 0.347 e. The molecule has 3 heteroatoms. The molecule has 4 fully saturated rings. The molecule has 0 N–H and O–H groups in total. The molecule has 0 aromatic carbocycles. The summed E-state index contributed by atoms with van der Waals surface area (Å²) in [7, 11) is -2.12. The highest BCUT2D eigenvalue weighted by atomic mass is 28.4. The molecule has 4 bridgehead atoms. The molecule has 4 rings (SSSR count). The lowest BCUT2D eigenvalue weighted by atomic mass is 9.56. The van der Waals surface area contributed by atoms with Crippen LogP contribution in [0.3, 0.4) is 0 Å². The molecule has 4 aliphatic rings. The van der Waals surface area contributed by atoms with Crippen LogP contribution in [0.15, 0.2) is 0 Å². The molecular formula is C17H32O2Si. The molecule has 0 heterocycles. The Morgan fingerprint density at radius 1 is 0.900 bits per heavy atom. The van der Waals surface area contributed by atoms with Crippen molar-refractivity contribution in [1.82, 2.24) is 0 Å². The second kappa shape index (κ2) is 5.40. The third-order valence-electron chi connectivity index (χ3n) is 6.26. The molecular weight excluding hydrogens is 264 g/mol. The molecule has 0 spiro atoms. The summed E-state index contributed by atoms with van der Waals surface area (Å²) in [5, 5.41) is 0.432. The Morgan fingerprint density at radius 2 is 1.30 bits per heavy atom. The molecule has 0 aromatic heterocycles. The van der Waals surface area contributed by atoms with Gasteiger partial charge in [0.2, 0.25) is 0 Å². The summed E-state index contributed by atoms with van der Waals surface area (Å²) in [6.45, 7) is 10.7. The van der Waals surface area contributed by atoms with Crippen molar-refractivity contribution in [3.05, 3.63) is 0 Å². The summed E-state index contributed by atoms with van der Waals surface area (Å²) in [5.41, 5.74) is 0.568. The van der Waals surface area contributed by atoms with Crippen molar-refractivity contribution in [2.24, 2.45) is 17.8 Å². The highest BCUT2D eigenvalue weighted by Gasteiger charge is 2.65. The summed E-state index contributed by atoms with van der Waals surface area (Å²) in [4.78, 5) is 0. The largest absolute Gasteiger partial charge is 0.394 e. The maximum atomic E-state index is 6.53. The fraction of sp³-hybridized carbons (Fsp3) is 1.00. The van der Waals surface area contributed by atoms with Crippen molar-refractivity contribution in [3.63, 3.8) is 0 Å². The molecule has 4 aliphatic carbocycles. The first-order valence-electron chi connectivity index (χ1n) is 8.83. The molecule has 0 saturated heterocycles. The first-order chi connectivity index (χ1) is 9.55. The third-order valence-corrected chi connectivity index (χ3v) is 11.3. The maximum absolute atomic E-state index is 6.53. The average Bonchev–Trinajstić information content (AvgIpc) is 2.36. The van der Waals surface area contributed by atoms with E-state index in [2.05, 4.69) is 27.7 Å². The minimum atomic E-state index is -2.12. The minimum absolute atomic E-state index is 0.432. The molecule has 116 valence electrons. The predicted molar refractivity (Wildman–Crippen MR) is 85.0 cm³/mol. The van der Waals surface area contributed by atoms with Gasteiger partial charge in [-0.25, -0.2) is 0 Å². The second-order valence-corrected chi connectivity index (χ2v) is 12.0. The van der Waals surface area contributed by atoms with Crippen LogP contribution >= 0.6 is 0 Å². The van der Waals surface area contributed by atoms with Crippen LogP contribution in [0.2, 0.25) is 10.6 Å². The van der Waals surface area contributed by atoms with Crippen LogP contribution in [0, 0.1) is 17.8 Å². The maximum Gasteiger partial charge on any atom is 0.347 e. The highest BCUT2D eigenvalue weighted by Crippen LogP contribution is 2.69. The predicted octanol–water partition coefficient (Wildman–Crippen LogP) is 4.88. The summed E-state index contributed by atoms with van der Waals surface area (Å²) >= 11 is 0. The lowest BCUT2D eigenvalue weighted by Crippen LogP contribution is -2.62. The summed E-state index contributed by atoms with van der Waals surface area (Å²) in [6, 6.07) is 0. The van der Waals surface area contributed by atoms with E-state index in [0.717, 1.165) is 31.0 Å². The fourth-order valence-corrected chi connectivity index (χ4v) is 11.4. The molecule has 2 nitrogen and oxygen atoms in total. The van der Waals surface area contributed by atoms with Gasteiger partial charge in [0.25, 0.3) is 0 Å². The van der Waals surface area contributed by atoms with Crippen LogP contribution in [0.25, 0.3) is 0 Å². The zero-order valence-electron chi connectivity index (χ0n) is 13.8. The van der Waals surface area contributed by atoms with Gasteiger partial charge in [0.15, 0.2) is 0 Å². The van der Waals surface area contributed by atoms with Gasteiger partial charge in [-0.15, -0.1) is 0 Å². The monoisotopic (exact) mass is 296 g/mol. The van der Waals surface area contributed by atoms with Crippen LogP contribution in [0.5, 0.6) is 0 Å². The van der Waals surface area contributed by atoms with Gasteiger partial charge in [-0.1, -0.05) is 13.8 Å². The van der Waals surface area contributed by atoms with Crippen LogP contribution < -0.4 is 0 Å². The second-order valence-electron chi connectivity index (χ2n) is 7.89. The van der Waals surface area contributed by atoms with Gasteiger partial charge in [0.1, 0.15) is 0 Å². The quantitative estimate of drug-likeness (QED) is 0.650. The number of rotatable bonds is 6. The van der Waals surface area contributed by atoms with Crippen molar-refractivity contribution in [2.45, 2.75) is 76.8 Å². The van der Waals surface area contributed by atoms with Gasteiger partial charge >= 0.3 is 8.56 Å². The number of hydrogen-bond acceptors (Lipinski definition) is 2. The van der Waals surface area contributed by atoms with Gasteiger partial charge in [-0.3, -0.25) is 0 Å².